The second kappa shape index (κ2) is 7.86. The van der Waals surface area contributed by atoms with E-state index < -0.39 is 0 Å². The zero-order valence-corrected chi connectivity index (χ0v) is 7.98. The van der Waals surface area contributed by atoms with E-state index in [-0.39, 0.29) is 5.76 Å². The Morgan fingerprint density at radius 1 is 1.29 bits per heavy atom. The summed E-state index contributed by atoms with van der Waals surface area (Å²) in [6, 6.07) is 0. The van der Waals surface area contributed by atoms with E-state index in [1.807, 2.05) is 0 Å². The minimum atomic E-state index is 0.0839. The third-order valence-corrected chi connectivity index (χ3v) is 1.52. The van der Waals surface area contributed by atoms with Crippen LogP contribution in [0.2, 0.25) is 0 Å². The fourth-order valence-corrected chi connectivity index (χ4v) is 0.739. The number of carbonyl (C=O) groups excluding carboxylic acids is 1. The Hall–Kier alpha value is -1.77. The molecule has 76 valence electrons. The molecule has 14 heavy (non-hydrogen) atoms. The van der Waals surface area contributed by atoms with Crippen molar-refractivity contribution in [3.63, 3.8) is 0 Å². The molecule has 3 nitrogen and oxygen atoms in total. The minimum Gasteiger partial charge on any atom is -0.508 e. The molecule has 0 aliphatic carbocycles. The molecule has 0 aromatic carbocycles. The first kappa shape index (κ1) is 12.2. The van der Waals surface area contributed by atoms with Crippen LogP contribution in [0, 0.1) is 0 Å². The number of rotatable bonds is 7. The monoisotopic (exact) mass is 194 g/mol. The Labute approximate surface area is 83.7 Å². The predicted octanol–water partition coefficient (Wildman–Crippen LogP) is 2.29. The summed E-state index contributed by atoms with van der Waals surface area (Å²) in [7, 11) is 0. The molecule has 0 radical (unpaired) electrons. The SMILES string of the molecule is C=C/C(=C\C=C(\O)C=C)CCOC=O. The lowest BCUT2D eigenvalue weighted by Gasteiger charge is -1.99. The maximum absolute atomic E-state index is 9.85. The van der Waals surface area contributed by atoms with Crippen molar-refractivity contribution < 1.29 is 14.6 Å². The molecule has 0 aromatic heterocycles. The van der Waals surface area contributed by atoms with Crippen LogP contribution >= 0.6 is 0 Å². The third kappa shape index (κ3) is 5.83. The van der Waals surface area contributed by atoms with E-state index in [0.29, 0.717) is 19.5 Å². The van der Waals surface area contributed by atoms with Gasteiger partial charge in [0, 0.05) is 6.42 Å². The van der Waals surface area contributed by atoms with Gasteiger partial charge in [-0.05, 0) is 17.7 Å². The molecule has 0 bridgehead atoms. The van der Waals surface area contributed by atoms with Gasteiger partial charge in [0.15, 0.2) is 0 Å². The average Bonchev–Trinajstić information content (AvgIpc) is 2.22. The molecule has 0 rings (SSSR count). The highest BCUT2D eigenvalue weighted by Gasteiger charge is 1.91. The van der Waals surface area contributed by atoms with Gasteiger partial charge in [-0.3, -0.25) is 4.79 Å². The molecule has 0 unspecified atom stereocenters. The Morgan fingerprint density at radius 3 is 2.50 bits per heavy atom. The summed E-state index contributed by atoms with van der Waals surface area (Å²) in [6.07, 6.45) is 6.74. The van der Waals surface area contributed by atoms with Crippen LogP contribution in [0.4, 0.5) is 0 Å². The largest absolute Gasteiger partial charge is 0.508 e. The highest BCUT2D eigenvalue weighted by molar-refractivity contribution is 5.37. The summed E-state index contributed by atoms with van der Waals surface area (Å²) in [5, 5.41) is 9.05. The number of allylic oxidation sites excluding steroid dienone is 4. The van der Waals surface area contributed by atoms with Crippen molar-refractivity contribution in [2.24, 2.45) is 0 Å². The van der Waals surface area contributed by atoms with Crippen molar-refractivity contribution in [2.75, 3.05) is 6.61 Å². The zero-order chi connectivity index (χ0) is 10.8. The van der Waals surface area contributed by atoms with E-state index in [1.165, 1.54) is 12.2 Å². The van der Waals surface area contributed by atoms with Crippen LogP contribution in [0.5, 0.6) is 0 Å². The van der Waals surface area contributed by atoms with Crippen molar-refractivity contribution in [3.05, 3.63) is 48.8 Å². The maximum atomic E-state index is 9.85. The van der Waals surface area contributed by atoms with Gasteiger partial charge in [-0.2, -0.15) is 0 Å². The van der Waals surface area contributed by atoms with Gasteiger partial charge in [-0.15, -0.1) is 0 Å². The smallest absolute Gasteiger partial charge is 0.293 e. The molecule has 1 N–H and O–H groups in total. The lowest BCUT2D eigenvalue weighted by atomic mass is 10.2. The second-order valence-corrected chi connectivity index (χ2v) is 2.46. The molecule has 0 fully saturated rings. The maximum Gasteiger partial charge on any atom is 0.293 e. The van der Waals surface area contributed by atoms with Crippen LogP contribution in [-0.2, 0) is 9.53 Å². The first-order valence-corrected chi connectivity index (χ1v) is 4.14. The molecule has 0 saturated heterocycles. The van der Waals surface area contributed by atoms with Crippen molar-refractivity contribution >= 4 is 6.47 Å². The fraction of sp³-hybridized carbons (Fsp3) is 0.182. The normalized spacial score (nSPS) is 12.0. The van der Waals surface area contributed by atoms with Crippen LogP contribution in [0.1, 0.15) is 6.42 Å². The molecule has 3 heteroatoms. The second-order valence-electron chi connectivity index (χ2n) is 2.46. The molecule has 0 aromatic rings. The quantitative estimate of drug-likeness (QED) is 0.293. The summed E-state index contributed by atoms with van der Waals surface area (Å²) in [5.74, 6) is 0.0839. The van der Waals surface area contributed by atoms with Crippen LogP contribution < -0.4 is 0 Å². The number of ether oxygens (including phenoxy) is 1. The number of aliphatic hydroxyl groups excluding tert-OH is 1. The van der Waals surface area contributed by atoms with Gasteiger partial charge in [0.25, 0.3) is 6.47 Å². The van der Waals surface area contributed by atoms with E-state index in [4.69, 9.17) is 5.11 Å². The van der Waals surface area contributed by atoms with E-state index in [9.17, 15) is 4.79 Å². The van der Waals surface area contributed by atoms with Crippen molar-refractivity contribution in [3.8, 4) is 0 Å². The molecule has 0 aliphatic heterocycles. The van der Waals surface area contributed by atoms with E-state index in [0.717, 1.165) is 5.57 Å². The van der Waals surface area contributed by atoms with Crippen LogP contribution in [0.3, 0.4) is 0 Å². The molecular weight excluding hydrogens is 180 g/mol. The zero-order valence-electron chi connectivity index (χ0n) is 7.98. The summed E-state index contributed by atoms with van der Waals surface area (Å²) in [5.41, 5.74) is 0.875. The number of hydrogen-bond donors (Lipinski definition) is 1. The van der Waals surface area contributed by atoms with Crippen LogP contribution in [-0.4, -0.2) is 18.2 Å². The summed E-state index contributed by atoms with van der Waals surface area (Å²) in [6.45, 7) is 7.70. The first-order valence-electron chi connectivity index (χ1n) is 4.14. The van der Waals surface area contributed by atoms with Crippen molar-refractivity contribution in [1.82, 2.24) is 0 Å². The minimum absolute atomic E-state index is 0.0839. The van der Waals surface area contributed by atoms with Crippen molar-refractivity contribution in [1.29, 1.82) is 0 Å². The summed E-state index contributed by atoms with van der Waals surface area (Å²) >= 11 is 0. The Bertz CT molecular complexity index is 262. The van der Waals surface area contributed by atoms with E-state index >= 15 is 0 Å². The summed E-state index contributed by atoms with van der Waals surface area (Å²) in [4.78, 5) is 9.85. The van der Waals surface area contributed by atoms with Gasteiger partial charge in [0.2, 0.25) is 0 Å². The molecule has 0 aliphatic rings. The standard InChI is InChI=1S/C11H14O3/c1-3-10(7-8-14-9-12)5-6-11(13)4-2/h3-6,9,13H,1-2,7-8H2/b10-5+,11-6+. The van der Waals surface area contributed by atoms with E-state index in [1.54, 1.807) is 12.2 Å². The molecule has 0 heterocycles. The van der Waals surface area contributed by atoms with E-state index in [2.05, 4.69) is 17.9 Å². The third-order valence-electron chi connectivity index (χ3n) is 1.52. The van der Waals surface area contributed by atoms with Gasteiger partial charge in [0.05, 0.1) is 6.61 Å². The number of carbonyl (C=O) groups is 1. The van der Waals surface area contributed by atoms with Gasteiger partial charge in [-0.25, -0.2) is 0 Å². The number of aliphatic hydroxyl groups is 1. The first-order chi connectivity index (χ1) is 6.74. The Morgan fingerprint density at radius 2 is 2.00 bits per heavy atom. The number of hydrogen-bond acceptors (Lipinski definition) is 3. The molecule has 0 saturated carbocycles. The topological polar surface area (TPSA) is 46.5 Å². The highest BCUT2D eigenvalue weighted by Crippen LogP contribution is 2.04. The van der Waals surface area contributed by atoms with Gasteiger partial charge in [-0.1, -0.05) is 25.3 Å². The molecule has 0 amide bonds. The van der Waals surface area contributed by atoms with Gasteiger partial charge in [0.1, 0.15) is 5.76 Å². The lowest BCUT2D eigenvalue weighted by molar-refractivity contribution is -0.128. The molecule has 0 spiro atoms. The van der Waals surface area contributed by atoms with Gasteiger partial charge >= 0.3 is 0 Å². The van der Waals surface area contributed by atoms with Gasteiger partial charge < -0.3 is 9.84 Å². The fourth-order valence-electron chi connectivity index (χ4n) is 0.739. The molecular formula is C11H14O3. The Balaban J connectivity index is 4.18. The average molecular weight is 194 g/mol. The highest BCUT2D eigenvalue weighted by atomic mass is 16.5. The Kier molecular flexibility index (Phi) is 6.86. The van der Waals surface area contributed by atoms with Crippen LogP contribution in [0.15, 0.2) is 48.8 Å². The lowest BCUT2D eigenvalue weighted by Crippen LogP contribution is -1.92. The van der Waals surface area contributed by atoms with Crippen LogP contribution in [0.25, 0.3) is 0 Å². The predicted molar refractivity (Wildman–Crippen MR) is 55.8 cm³/mol. The van der Waals surface area contributed by atoms with Crippen molar-refractivity contribution in [2.45, 2.75) is 6.42 Å². The summed E-state index contributed by atoms with van der Waals surface area (Å²) < 4.78 is 4.53. The molecule has 0 atom stereocenters.